The zero-order valence-electron chi connectivity index (χ0n) is 15.7. The van der Waals surface area contributed by atoms with Gasteiger partial charge in [0, 0.05) is 12.0 Å². The van der Waals surface area contributed by atoms with E-state index in [0.29, 0.717) is 39.6 Å². The van der Waals surface area contributed by atoms with Gasteiger partial charge in [-0.25, -0.2) is 0 Å². The van der Waals surface area contributed by atoms with Crippen LogP contribution in [0.2, 0.25) is 0 Å². The van der Waals surface area contributed by atoms with Crippen molar-refractivity contribution in [3.8, 4) is 0 Å². The normalized spacial score (nSPS) is 12.1. The van der Waals surface area contributed by atoms with Gasteiger partial charge in [-0.15, -0.1) is 0 Å². The lowest BCUT2D eigenvalue weighted by Gasteiger charge is -2.16. The molecule has 0 aliphatic rings. The number of rotatable bonds is 15. The number of ether oxygens (including phenoxy) is 4. The van der Waals surface area contributed by atoms with Crippen LogP contribution < -0.4 is 0 Å². The molecule has 0 aromatic rings. The molecule has 0 unspecified atom stereocenters. The lowest BCUT2D eigenvalue weighted by Crippen LogP contribution is -2.25. The second kappa shape index (κ2) is 13.9. The Morgan fingerprint density at radius 3 is 1.65 bits per heavy atom. The molecule has 5 nitrogen and oxygen atoms in total. The lowest BCUT2D eigenvalue weighted by molar-refractivity contribution is -0.131. The number of carbonyl (C=O) groups excluding carboxylic acids is 1. The van der Waals surface area contributed by atoms with Crippen LogP contribution in [0, 0.1) is 11.3 Å². The lowest BCUT2D eigenvalue weighted by atomic mass is 9.91. The van der Waals surface area contributed by atoms with Crippen LogP contribution in [0.5, 0.6) is 0 Å². The molecule has 0 aliphatic carbocycles. The molecule has 0 fully saturated rings. The highest BCUT2D eigenvalue weighted by molar-refractivity contribution is 5.84. The van der Waals surface area contributed by atoms with E-state index in [1.54, 1.807) is 0 Å². The van der Waals surface area contributed by atoms with Gasteiger partial charge in [0.2, 0.25) is 0 Å². The molecule has 5 heteroatoms. The van der Waals surface area contributed by atoms with Gasteiger partial charge in [-0.3, -0.25) is 4.79 Å². The number of Topliss-reactive ketones (excluding diaryl/α,β-unsaturated/α-hetero) is 1. The van der Waals surface area contributed by atoms with Crippen molar-refractivity contribution < 1.29 is 23.7 Å². The van der Waals surface area contributed by atoms with E-state index in [4.69, 9.17) is 18.9 Å². The highest BCUT2D eigenvalue weighted by Gasteiger charge is 2.20. The van der Waals surface area contributed by atoms with Gasteiger partial charge < -0.3 is 18.9 Å². The molecule has 0 aromatic heterocycles. The van der Waals surface area contributed by atoms with Gasteiger partial charge >= 0.3 is 0 Å². The Kier molecular flexibility index (Phi) is 13.6. The summed E-state index contributed by atoms with van der Waals surface area (Å²) in [5.41, 5.74) is -0.342. The summed E-state index contributed by atoms with van der Waals surface area (Å²) in [5.74, 6) is 0.844. The van der Waals surface area contributed by atoms with Crippen molar-refractivity contribution in [2.24, 2.45) is 11.3 Å². The topological polar surface area (TPSA) is 54.0 Å². The molecule has 0 spiro atoms. The van der Waals surface area contributed by atoms with Crippen molar-refractivity contribution in [1.29, 1.82) is 0 Å². The Labute approximate surface area is 142 Å². The molecule has 0 saturated heterocycles. The highest BCUT2D eigenvalue weighted by atomic mass is 16.6. The maximum atomic E-state index is 11.6. The van der Waals surface area contributed by atoms with Gasteiger partial charge in [0.15, 0.2) is 5.78 Å². The molecule has 0 radical (unpaired) electrons. The molecule has 0 heterocycles. The van der Waals surface area contributed by atoms with E-state index in [-0.39, 0.29) is 17.8 Å². The minimum atomic E-state index is -0.342. The summed E-state index contributed by atoms with van der Waals surface area (Å²) in [6.45, 7) is 14.3. The fraction of sp³-hybridized carbons (Fsp3) is 0.944. The zero-order valence-corrected chi connectivity index (χ0v) is 15.7. The largest absolute Gasteiger partial charge is 0.379 e. The first kappa shape index (κ1) is 22.5. The highest BCUT2D eigenvalue weighted by Crippen LogP contribution is 2.14. The fourth-order valence-electron chi connectivity index (χ4n) is 1.63. The van der Waals surface area contributed by atoms with Crippen LogP contribution in [0.4, 0.5) is 0 Å². The molecular weight excluding hydrogens is 296 g/mol. The van der Waals surface area contributed by atoms with Gasteiger partial charge in [0.05, 0.1) is 39.6 Å². The van der Waals surface area contributed by atoms with Gasteiger partial charge in [0.1, 0.15) is 6.61 Å². The summed E-state index contributed by atoms with van der Waals surface area (Å²) in [6, 6.07) is 0. The molecule has 0 atom stereocenters. The van der Waals surface area contributed by atoms with Gasteiger partial charge in [0.25, 0.3) is 0 Å². The van der Waals surface area contributed by atoms with E-state index >= 15 is 0 Å². The van der Waals surface area contributed by atoms with Crippen molar-refractivity contribution >= 4 is 5.78 Å². The number of hydrogen-bond donors (Lipinski definition) is 0. The van der Waals surface area contributed by atoms with Gasteiger partial charge in [-0.2, -0.15) is 0 Å². The minimum absolute atomic E-state index is 0.106. The predicted octanol–water partition coefficient (Wildman–Crippen LogP) is 3.10. The maximum absolute atomic E-state index is 11.6. The first-order valence-electron chi connectivity index (χ1n) is 8.68. The molecule has 23 heavy (non-hydrogen) atoms. The SMILES string of the molecule is CC(C)CCCOCCOCCOCCOCC(=O)C(C)(C)C. The summed E-state index contributed by atoms with van der Waals surface area (Å²) < 4.78 is 21.5. The summed E-state index contributed by atoms with van der Waals surface area (Å²) in [5, 5.41) is 0. The number of carbonyl (C=O) groups is 1. The van der Waals surface area contributed by atoms with Crippen molar-refractivity contribution in [1.82, 2.24) is 0 Å². The summed E-state index contributed by atoms with van der Waals surface area (Å²) >= 11 is 0. The molecule has 0 N–H and O–H groups in total. The van der Waals surface area contributed by atoms with Crippen LogP contribution in [0.25, 0.3) is 0 Å². The maximum Gasteiger partial charge on any atom is 0.163 e. The smallest absolute Gasteiger partial charge is 0.163 e. The zero-order chi connectivity index (χ0) is 17.6. The average molecular weight is 332 g/mol. The Morgan fingerprint density at radius 2 is 1.22 bits per heavy atom. The Bertz CT molecular complexity index is 284. The van der Waals surface area contributed by atoms with Crippen molar-refractivity contribution in [2.75, 3.05) is 52.9 Å². The van der Waals surface area contributed by atoms with Crippen LogP contribution in [-0.4, -0.2) is 58.6 Å². The summed E-state index contributed by atoms with van der Waals surface area (Å²) in [6.07, 6.45) is 2.32. The third kappa shape index (κ3) is 16.2. The van der Waals surface area contributed by atoms with E-state index in [9.17, 15) is 4.79 Å². The Balaban J connectivity index is 3.15. The summed E-state index contributed by atoms with van der Waals surface area (Å²) in [7, 11) is 0. The molecular formula is C18H36O5. The predicted molar refractivity (Wildman–Crippen MR) is 91.8 cm³/mol. The van der Waals surface area contributed by atoms with E-state index in [1.165, 1.54) is 6.42 Å². The Morgan fingerprint density at radius 1 is 0.783 bits per heavy atom. The Hall–Kier alpha value is -0.490. The molecule has 0 aromatic carbocycles. The first-order valence-corrected chi connectivity index (χ1v) is 8.68. The molecule has 0 rings (SSSR count). The standard InChI is InChI=1S/C18H36O5/c1-16(2)7-6-8-20-9-10-21-11-12-22-13-14-23-15-17(19)18(3,4)5/h16H,6-15H2,1-5H3. The van der Waals surface area contributed by atoms with Crippen molar-refractivity contribution in [2.45, 2.75) is 47.5 Å². The monoisotopic (exact) mass is 332 g/mol. The number of ketones is 1. The fourth-order valence-corrected chi connectivity index (χ4v) is 1.63. The molecule has 0 saturated carbocycles. The molecule has 0 aliphatic heterocycles. The van der Waals surface area contributed by atoms with Gasteiger partial charge in [-0.1, -0.05) is 34.6 Å². The molecule has 138 valence electrons. The molecule has 0 amide bonds. The number of hydrogen-bond acceptors (Lipinski definition) is 5. The van der Waals surface area contributed by atoms with E-state index < -0.39 is 0 Å². The van der Waals surface area contributed by atoms with Crippen LogP contribution in [0.15, 0.2) is 0 Å². The van der Waals surface area contributed by atoms with Crippen molar-refractivity contribution in [3.05, 3.63) is 0 Å². The van der Waals surface area contributed by atoms with E-state index in [1.807, 2.05) is 20.8 Å². The van der Waals surface area contributed by atoms with E-state index in [2.05, 4.69) is 13.8 Å². The second-order valence-electron chi connectivity index (χ2n) is 7.10. The van der Waals surface area contributed by atoms with Crippen LogP contribution in [0.3, 0.4) is 0 Å². The van der Waals surface area contributed by atoms with Crippen LogP contribution >= 0.6 is 0 Å². The van der Waals surface area contributed by atoms with Crippen LogP contribution in [0.1, 0.15) is 47.5 Å². The van der Waals surface area contributed by atoms with Crippen LogP contribution in [-0.2, 0) is 23.7 Å². The van der Waals surface area contributed by atoms with E-state index in [0.717, 1.165) is 18.9 Å². The third-order valence-electron chi connectivity index (χ3n) is 3.26. The van der Waals surface area contributed by atoms with Gasteiger partial charge in [-0.05, 0) is 18.8 Å². The second-order valence-corrected chi connectivity index (χ2v) is 7.10. The van der Waals surface area contributed by atoms with Crippen molar-refractivity contribution in [3.63, 3.8) is 0 Å². The molecule has 0 bridgehead atoms. The summed E-state index contributed by atoms with van der Waals surface area (Å²) in [4.78, 5) is 11.6. The minimum Gasteiger partial charge on any atom is -0.379 e. The average Bonchev–Trinajstić information content (AvgIpc) is 2.46. The third-order valence-corrected chi connectivity index (χ3v) is 3.26. The first-order chi connectivity index (χ1) is 10.8. The quantitative estimate of drug-likeness (QED) is 0.431.